The summed E-state index contributed by atoms with van der Waals surface area (Å²) in [5, 5.41) is 5.98. The highest BCUT2D eigenvalue weighted by Crippen LogP contribution is 2.20. The Balaban J connectivity index is 1.62. The summed E-state index contributed by atoms with van der Waals surface area (Å²) in [5.74, 6) is 0.209. The van der Waals surface area contributed by atoms with Crippen molar-refractivity contribution in [3.05, 3.63) is 34.9 Å². The van der Waals surface area contributed by atoms with E-state index in [0.29, 0.717) is 43.4 Å². The number of alkyl carbamates (subject to hydrolysis) is 1. The van der Waals surface area contributed by atoms with Crippen molar-refractivity contribution in [2.75, 3.05) is 26.2 Å². The number of piperidine rings is 1. The SMILES string of the molecule is CC(C)(C)OC(=O)NCC(=O)NCC1CCN(C(=O)CCc2ccccc2Cl)CC1. The molecule has 3 amide bonds. The summed E-state index contributed by atoms with van der Waals surface area (Å²) in [5.41, 5.74) is 0.393. The second-order valence-corrected chi connectivity index (χ2v) is 8.98. The Labute approximate surface area is 183 Å². The minimum atomic E-state index is -0.610. The van der Waals surface area contributed by atoms with Crippen LogP contribution in [0.2, 0.25) is 5.02 Å². The molecule has 1 aliphatic rings. The molecule has 0 aromatic heterocycles. The highest BCUT2D eigenvalue weighted by Gasteiger charge is 2.23. The average Bonchev–Trinajstić information content (AvgIpc) is 2.69. The van der Waals surface area contributed by atoms with Gasteiger partial charge in [0.2, 0.25) is 11.8 Å². The summed E-state index contributed by atoms with van der Waals surface area (Å²) >= 11 is 6.15. The second kappa shape index (κ2) is 11.2. The van der Waals surface area contributed by atoms with E-state index in [4.69, 9.17) is 16.3 Å². The number of hydrogen-bond acceptors (Lipinski definition) is 4. The Bertz CT molecular complexity index is 740. The maximum absolute atomic E-state index is 12.5. The van der Waals surface area contributed by atoms with Crippen molar-refractivity contribution in [3.8, 4) is 0 Å². The number of nitrogens with one attached hydrogen (secondary N) is 2. The molecule has 8 heteroatoms. The fraction of sp³-hybridized carbons (Fsp3) is 0.591. The standard InChI is InChI=1S/C22H32ClN3O4/c1-22(2,3)30-21(29)25-15-19(27)24-14-16-10-12-26(13-11-16)20(28)9-8-17-6-4-5-7-18(17)23/h4-7,16H,8-15H2,1-3H3,(H,24,27)(H,25,29). The maximum atomic E-state index is 12.5. The average molecular weight is 438 g/mol. The molecule has 0 radical (unpaired) electrons. The quantitative estimate of drug-likeness (QED) is 0.685. The van der Waals surface area contributed by atoms with Gasteiger partial charge in [-0.25, -0.2) is 4.79 Å². The third-order valence-corrected chi connectivity index (χ3v) is 5.28. The van der Waals surface area contributed by atoms with E-state index in [1.807, 2.05) is 29.2 Å². The Kier molecular flexibility index (Phi) is 8.96. The summed E-state index contributed by atoms with van der Waals surface area (Å²) < 4.78 is 5.10. The lowest BCUT2D eigenvalue weighted by atomic mass is 9.96. The van der Waals surface area contributed by atoms with E-state index in [-0.39, 0.29) is 18.4 Å². The molecule has 0 spiro atoms. The Morgan fingerprint density at radius 3 is 2.43 bits per heavy atom. The van der Waals surface area contributed by atoms with Crippen LogP contribution >= 0.6 is 11.6 Å². The summed E-state index contributed by atoms with van der Waals surface area (Å²) in [6, 6.07) is 7.59. The van der Waals surface area contributed by atoms with Gasteiger partial charge in [0, 0.05) is 31.1 Å². The molecule has 1 aliphatic heterocycles. The molecule has 1 aromatic carbocycles. The van der Waals surface area contributed by atoms with Gasteiger partial charge in [-0.2, -0.15) is 0 Å². The molecular weight excluding hydrogens is 406 g/mol. The lowest BCUT2D eigenvalue weighted by Gasteiger charge is -2.32. The maximum Gasteiger partial charge on any atom is 0.408 e. The molecule has 7 nitrogen and oxygen atoms in total. The molecule has 0 bridgehead atoms. The Hall–Kier alpha value is -2.28. The van der Waals surface area contributed by atoms with Crippen molar-refractivity contribution in [2.24, 2.45) is 5.92 Å². The predicted molar refractivity (Wildman–Crippen MR) is 116 cm³/mol. The molecule has 1 aromatic rings. The number of amides is 3. The highest BCUT2D eigenvalue weighted by molar-refractivity contribution is 6.31. The molecule has 30 heavy (non-hydrogen) atoms. The van der Waals surface area contributed by atoms with Crippen LogP contribution in [0.15, 0.2) is 24.3 Å². The number of carbonyl (C=O) groups is 3. The van der Waals surface area contributed by atoms with Crippen molar-refractivity contribution in [3.63, 3.8) is 0 Å². The number of rotatable bonds is 7. The minimum absolute atomic E-state index is 0.117. The second-order valence-electron chi connectivity index (χ2n) is 8.58. The third-order valence-electron chi connectivity index (χ3n) is 4.91. The third kappa shape index (κ3) is 8.61. The Morgan fingerprint density at radius 1 is 1.13 bits per heavy atom. The Morgan fingerprint density at radius 2 is 1.80 bits per heavy atom. The highest BCUT2D eigenvalue weighted by atomic mass is 35.5. The van der Waals surface area contributed by atoms with Gasteiger partial charge < -0.3 is 20.3 Å². The monoisotopic (exact) mass is 437 g/mol. The number of aryl methyl sites for hydroxylation is 1. The van der Waals surface area contributed by atoms with Gasteiger partial charge in [-0.1, -0.05) is 29.8 Å². The van der Waals surface area contributed by atoms with Gasteiger partial charge in [0.25, 0.3) is 0 Å². The van der Waals surface area contributed by atoms with Crippen molar-refractivity contribution in [1.29, 1.82) is 0 Å². The summed E-state index contributed by atoms with van der Waals surface area (Å²) in [4.78, 5) is 37.8. The molecule has 1 fully saturated rings. The van der Waals surface area contributed by atoms with Gasteiger partial charge in [0.1, 0.15) is 5.60 Å². The van der Waals surface area contributed by atoms with Crippen LogP contribution in [-0.2, 0) is 20.7 Å². The van der Waals surface area contributed by atoms with Crippen molar-refractivity contribution < 1.29 is 19.1 Å². The van der Waals surface area contributed by atoms with Crippen LogP contribution in [0.25, 0.3) is 0 Å². The van der Waals surface area contributed by atoms with E-state index in [2.05, 4.69) is 10.6 Å². The van der Waals surface area contributed by atoms with E-state index in [1.54, 1.807) is 20.8 Å². The number of benzene rings is 1. The first kappa shape index (κ1) is 24.0. The molecule has 1 saturated heterocycles. The zero-order valence-electron chi connectivity index (χ0n) is 18.0. The topological polar surface area (TPSA) is 87.7 Å². The predicted octanol–water partition coefficient (Wildman–Crippen LogP) is 3.15. The van der Waals surface area contributed by atoms with Gasteiger partial charge in [0.15, 0.2) is 0 Å². The van der Waals surface area contributed by atoms with Gasteiger partial charge in [-0.3, -0.25) is 9.59 Å². The zero-order valence-corrected chi connectivity index (χ0v) is 18.8. The lowest BCUT2D eigenvalue weighted by molar-refractivity contribution is -0.132. The van der Waals surface area contributed by atoms with Crippen LogP contribution in [0.3, 0.4) is 0 Å². The molecule has 2 rings (SSSR count). The van der Waals surface area contributed by atoms with Crippen LogP contribution < -0.4 is 10.6 Å². The summed E-state index contributed by atoms with van der Waals surface area (Å²) in [6.45, 7) is 7.10. The number of nitrogens with zero attached hydrogens (tertiary/aromatic N) is 1. The largest absolute Gasteiger partial charge is 0.444 e. The van der Waals surface area contributed by atoms with E-state index in [9.17, 15) is 14.4 Å². The smallest absolute Gasteiger partial charge is 0.408 e. The van der Waals surface area contributed by atoms with Crippen LogP contribution in [0, 0.1) is 5.92 Å². The van der Waals surface area contributed by atoms with E-state index in [1.165, 1.54) is 0 Å². The molecular formula is C22H32ClN3O4. The van der Waals surface area contributed by atoms with Crippen molar-refractivity contribution >= 4 is 29.5 Å². The lowest BCUT2D eigenvalue weighted by Crippen LogP contribution is -2.44. The fourth-order valence-corrected chi connectivity index (χ4v) is 3.50. The van der Waals surface area contributed by atoms with Crippen molar-refractivity contribution in [1.82, 2.24) is 15.5 Å². The number of carbonyl (C=O) groups excluding carboxylic acids is 3. The first-order valence-electron chi connectivity index (χ1n) is 10.4. The summed E-state index contributed by atoms with van der Waals surface area (Å²) in [6.07, 6.45) is 2.16. The van der Waals surface area contributed by atoms with Crippen LogP contribution in [0.5, 0.6) is 0 Å². The number of hydrogen-bond donors (Lipinski definition) is 2. The van der Waals surface area contributed by atoms with Crippen LogP contribution in [0.4, 0.5) is 4.79 Å². The van der Waals surface area contributed by atoms with Gasteiger partial charge in [0.05, 0.1) is 6.54 Å². The molecule has 2 N–H and O–H groups in total. The van der Waals surface area contributed by atoms with Crippen LogP contribution in [-0.4, -0.2) is 54.6 Å². The van der Waals surface area contributed by atoms with Gasteiger partial charge in [-0.15, -0.1) is 0 Å². The molecule has 1 heterocycles. The minimum Gasteiger partial charge on any atom is -0.444 e. The fourth-order valence-electron chi connectivity index (χ4n) is 3.27. The normalized spacial score (nSPS) is 14.9. The number of halogens is 1. The van der Waals surface area contributed by atoms with Gasteiger partial charge >= 0.3 is 6.09 Å². The van der Waals surface area contributed by atoms with E-state index in [0.717, 1.165) is 18.4 Å². The molecule has 0 atom stereocenters. The molecule has 0 unspecified atom stereocenters. The van der Waals surface area contributed by atoms with E-state index >= 15 is 0 Å². The number of likely N-dealkylation sites (tertiary alicyclic amines) is 1. The van der Waals surface area contributed by atoms with Crippen molar-refractivity contribution in [2.45, 2.75) is 52.1 Å². The number of ether oxygens (including phenoxy) is 1. The molecule has 0 aliphatic carbocycles. The van der Waals surface area contributed by atoms with E-state index < -0.39 is 11.7 Å². The zero-order chi connectivity index (χ0) is 22.1. The van der Waals surface area contributed by atoms with Gasteiger partial charge in [-0.05, 0) is 57.6 Å². The first-order chi connectivity index (χ1) is 14.1. The first-order valence-corrected chi connectivity index (χ1v) is 10.8. The molecule has 0 saturated carbocycles. The molecule has 166 valence electrons. The summed E-state index contributed by atoms with van der Waals surface area (Å²) in [7, 11) is 0. The van der Waals surface area contributed by atoms with Crippen LogP contribution in [0.1, 0.15) is 45.6 Å².